The van der Waals surface area contributed by atoms with Gasteiger partial charge >= 0.3 is 6.03 Å². The average Bonchev–Trinajstić information content (AvgIpc) is 3.28. The number of benzene rings is 1. The van der Waals surface area contributed by atoms with Crippen molar-refractivity contribution in [2.75, 3.05) is 54.1 Å². The highest BCUT2D eigenvalue weighted by atomic mass is 16.5. The second-order valence-electron chi connectivity index (χ2n) is 7.06. The minimum Gasteiger partial charge on any atom is -0.497 e. The molecule has 1 aliphatic rings. The summed E-state index contributed by atoms with van der Waals surface area (Å²) in [6.45, 7) is 3.43. The van der Waals surface area contributed by atoms with E-state index in [0.717, 1.165) is 31.9 Å². The molecule has 4 rings (SSSR count). The van der Waals surface area contributed by atoms with Crippen LogP contribution < -0.4 is 30.9 Å². The number of anilines is 4. The summed E-state index contributed by atoms with van der Waals surface area (Å²) < 4.78 is 10.6. The monoisotopic (exact) mass is 436 g/mol. The third-order valence-corrected chi connectivity index (χ3v) is 4.90. The van der Waals surface area contributed by atoms with Gasteiger partial charge in [-0.25, -0.2) is 4.79 Å². The van der Waals surface area contributed by atoms with E-state index in [1.54, 1.807) is 43.8 Å². The SMILES string of the molecule is COc1cccc(NC(=O)Nc2ccc(C(=O)Nc3cnccc3N3CCNCC3)o2)c1. The summed E-state index contributed by atoms with van der Waals surface area (Å²) in [5, 5.41) is 11.4. The fourth-order valence-electron chi connectivity index (χ4n) is 3.35. The first kappa shape index (κ1) is 21.2. The van der Waals surface area contributed by atoms with Gasteiger partial charge in [-0.1, -0.05) is 6.07 Å². The summed E-state index contributed by atoms with van der Waals surface area (Å²) in [6, 6.07) is 11.3. The van der Waals surface area contributed by atoms with E-state index in [1.807, 2.05) is 6.07 Å². The summed E-state index contributed by atoms with van der Waals surface area (Å²) in [4.78, 5) is 31.2. The van der Waals surface area contributed by atoms with Crippen LogP contribution in [0, 0.1) is 0 Å². The van der Waals surface area contributed by atoms with Crippen molar-refractivity contribution in [1.82, 2.24) is 10.3 Å². The molecule has 0 saturated carbocycles. The van der Waals surface area contributed by atoms with Crippen LogP contribution in [0.3, 0.4) is 0 Å². The molecular weight excluding hydrogens is 412 g/mol. The predicted octanol–water partition coefficient (Wildman–Crippen LogP) is 2.99. The first-order valence-corrected chi connectivity index (χ1v) is 10.2. The van der Waals surface area contributed by atoms with Crippen molar-refractivity contribution in [3.05, 3.63) is 60.6 Å². The van der Waals surface area contributed by atoms with Crippen molar-refractivity contribution in [3.8, 4) is 5.75 Å². The number of hydrogen-bond acceptors (Lipinski definition) is 7. The Balaban J connectivity index is 1.38. The van der Waals surface area contributed by atoms with E-state index >= 15 is 0 Å². The van der Waals surface area contributed by atoms with Crippen LogP contribution in [0.15, 0.2) is 59.3 Å². The number of rotatable bonds is 6. The quantitative estimate of drug-likeness (QED) is 0.469. The molecule has 10 nitrogen and oxygen atoms in total. The molecule has 1 aliphatic heterocycles. The first-order valence-electron chi connectivity index (χ1n) is 10.2. The summed E-state index contributed by atoms with van der Waals surface area (Å²) in [5.41, 5.74) is 2.06. The van der Waals surface area contributed by atoms with E-state index in [0.29, 0.717) is 17.1 Å². The molecule has 3 amide bonds. The van der Waals surface area contributed by atoms with Gasteiger partial charge in [-0.15, -0.1) is 0 Å². The Labute approximate surface area is 185 Å². The summed E-state index contributed by atoms with van der Waals surface area (Å²) in [7, 11) is 1.55. The van der Waals surface area contributed by atoms with Crippen LogP contribution in [0.2, 0.25) is 0 Å². The van der Waals surface area contributed by atoms with E-state index < -0.39 is 11.9 Å². The second-order valence-corrected chi connectivity index (χ2v) is 7.06. The fraction of sp³-hybridized carbons (Fsp3) is 0.227. The maximum atomic E-state index is 12.7. The molecule has 0 aliphatic carbocycles. The first-order chi connectivity index (χ1) is 15.6. The van der Waals surface area contributed by atoms with Gasteiger partial charge in [0.25, 0.3) is 5.91 Å². The Morgan fingerprint density at radius 1 is 1.09 bits per heavy atom. The third-order valence-electron chi connectivity index (χ3n) is 4.90. The van der Waals surface area contributed by atoms with Gasteiger partial charge in [0, 0.05) is 50.2 Å². The Kier molecular flexibility index (Phi) is 6.52. The van der Waals surface area contributed by atoms with Crippen LogP contribution in [0.4, 0.5) is 27.7 Å². The maximum Gasteiger partial charge on any atom is 0.326 e. The number of carbonyl (C=O) groups excluding carboxylic acids is 2. The molecule has 1 saturated heterocycles. The van der Waals surface area contributed by atoms with Crippen LogP contribution in [0.5, 0.6) is 5.75 Å². The molecule has 0 bridgehead atoms. The molecule has 10 heteroatoms. The van der Waals surface area contributed by atoms with E-state index in [9.17, 15) is 9.59 Å². The zero-order chi connectivity index (χ0) is 22.3. The van der Waals surface area contributed by atoms with Gasteiger partial charge in [0.05, 0.1) is 24.7 Å². The number of furan rings is 1. The number of urea groups is 1. The molecule has 1 aromatic carbocycles. The van der Waals surface area contributed by atoms with E-state index in [1.165, 1.54) is 12.1 Å². The van der Waals surface area contributed by atoms with Gasteiger partial charge in [-0.3, -0.25) is 15.1 Å². The molecule has 0 atom stereocenters. The smallest absolute Gasteiger partial charge is 0.326 e. The van der Waals surface area contributed by atoms with Crippen LogP contribution in [-0.2, 0) is 0 Å². The van der Waals surface area contributed by atoms with E-state index in [2.05, 4.69) is 31.2 Å². The number of methoxy groups -OCH3 is 1. The fourth-order valence-corrected chi connectivity index (χ4v) is 3.35. The average molecular weight is 436 g/mol. The lowest BCUT2D eigenvalue weighted by Crippen LogP contribution is -2.43. The highest BCUT2D eigenvalue weighted by Gasteiger charge is 2.18. The van der Waals surface area contributed by atoms with Crippen molar-refractivity contribution in [2.24, 2.45) is 0 Å². The van der Waals surface area contributed by atoms with Crippen molar-refractivity contribution >= 4 is 34.9 Å². The number of aromatic nitrogens is 1. The lowest BCUT2D eigenvalue weighted by atomic mass is 10.2. The molecule has 32 heavy (non-hydrogen) atoms. The zero-order valence-electron chi connectivity index (χ0n) is 17.6. The van der Waals surface area contributed by atoms with Gasteiger partial charge in [0.1, 0.15) is 5.75 Å². The number of piperazine rings is 1. The largest absolute Gasteiger partial charge is 0.497 e. The number of hydrogen-bond donors (Lipinski definition) is 4. The maximum absolute atomic E-state index is 12.7. The van der Waals surface area contributed by atoms with Gasteiger partial charge in [0.2, 0.25) is 5.88 Å². The number of carbonyl (C=O) groups is 2. The number of pyridine rings is 1. The summed E-state index contributed by atoms with van der Waals surface area (Å²) in [5.74, 6) is 0.395. The van der Waals surface area contributed by atoms with E-state index in [4.69, 9.17) is 9.15 Å². The Morgan fingerprint density at radius 2 is 1.94 bits per heavy atom. The van der Waals surface area contributed by atoms with Crippen molar-refractivity contribution in [3.63, 3.8) is 0 Å². The molecule has 0 spiro atoms. The highest BCUT2D eigenvalue weighted by Crippen LogP contribution is 2.26. The Bertz CT molecular complexity index is 1090. The molecule has 4 N–H and O–H groups in total. The van der Waals surface area contributed by atoms with Gasteiger partial charge in [0.15, 0.2) is 5.76 Å². The summed E-state index contributed by atoms with van der Waals surface area (Å²) >= 11 is 0. The van der Waals surface area contributed by atoms with Crippen molar-refractivity contribution in [1.29, 1.82) is 0 Å². The minimum absolute atomic E-state index is 0.0665. The molecule has 1 fully saturated rings. The Morgan fingerprint density at radius 3 is 2.75 bits per heavy atom. The normalized spacial score (nSPS) is 13.3. The molecular formula is C22H24N6O4. The standard InChI is InChI=1S/C22H24N6O4/c1-31-16-4-2-3-15(13-16)25-22(30)27-20-6-5-19(32-20)21(29)26-17-14-24-8-7-18(17)28-11-9-23-10-12-28/h2-8,13-14,23H,9-12H2,1H3,(H,26,29)(H2,25,27,30). The highest BCUT2D eigenvalue weighted by molar-refractivity contribution is 6.05. The van der Waals surface area contributed by atoms with Gasteiger partial charge in [-0.2, -0.15) is 0 Å². The van der Waals surface area contributed by atoms with Crippen LogP contribution in [0.1, 0.15) is 10.6 Å². The summed E-state index contributed by atoms with van der Waals surface area (Å²) in [6.07, 6.45) is 3.31. The second kappa shape index (κ2) is 9.84. The van der Waals surface area contributed by atoms with Gasteiger partial charge in [-0.05, 0) is 24.3 Å². The zero-order valence-corrected chi connectivity index (χ0v) is 17.6. The lowest BCUT2D eigenvalue weighted by molar-refractivity contribution is 0.0997. The molecule has 2 aromatic heterocycles. The molecule has 3 heterocycles. The molecule has 166 valence electrons. The van der Waals surface area contributed by atoms with Crippen molar-refractivity contribution < 1.29 is 18.7 Å². The number of nitrogens with one attached hydrogen (secondary N) is 4. The van der Waals surface area contributed by atoms with Crippen molar-refractivity contribution in [2.45, 2.75) is 0 Å². The van der Waals surface area contributed by atoms with Gasteiger partial charge < -0.3 is 30.0 Å². The topological polar surface area (TPSA) is 121 Å². The lowest BCUT2D eigenvalue weighted by Gasteiger charge is -2.30. The van der Waals surface area contributed by atoms with Crippen LogP contribution >= 0.6 is 0 Å². The third kappa shape index (κ3) is 5.16. The number of amides is 3. The van der Waals surface area contributed by atoms with Crippen LogP contribution in [0.25, 0.3) is 0 Å². The number of ether oxygens (including phenoxy) is 1. The van der Waals surface area contributed by atoms with E-state index in [-0.39, 0.29) is 11.6 Å². The minimum atomic E-state index is -0.507. The Hall–Kier alpha value is -4.05. The number of nitrogens with zero attached hydrogens (tertiary/aromatic N) is 2. The molecule has 0 radical (unpaired) electrons. The predicted molar refractivity (Wildman–Crippen MR) is 122 cm³/mol. The molecule has 0 unspecified atom stereocenters. The molecule has 3 aromatic rings. The van der Waals surface area contributed by atoms with Crippen LogP contribution in [-0.4, -0.2) is 50.2 Å².